The number of hydrogen-bond acceptors (Lipinski definition) is 5. The quantitative estimate of drug-likeness (QED) is 0.0693. The molecule has 0 radical (unpaired) electrons. The van der Waals surface area contributed by atoms with Crippen LogP contribution in [-0.2, 0) is 22.8 Å². The van der Waals surface area contributed by atoms with Gasteiger partial charge in [0.2, 0.25) is 0 Å². The summed E-state index contributed by atoms with van der Waals surface area (Å²) in [6, 6.07) is 21.4. The third-order valence-corrected chi connectivity index (χ3v) is 9.66. The smallest absolute Gasteiger partial charge is 0.374 e. The fourth-order valence-corrected chi connectivity index (χ4v) is 7.31. The molecule has 5 nitrogen and oxygen atoms in total. The highest BCUT2D eigenvalue weighted by molar-refractivity contribution is 6.60. The van der Waals surface area contributed by atoms with E-state index in [-0.39, 0.29) is 0 Å². The lowest BCUT2D eigenvalue weighted by Gasteiger charge is -2.29. The first-order valence-corrected chi connectivity index (χ1v) is 17.4. The van der Waals surface area contributed by atoms with Gasteiger partial charge in [-0.05, 0) is 63.5 Å². The van der Waals surface area contributed by atoms with Crippen molar-refractivity contribution in [2.75, 3.05) is 46.2 Å². The minimum absolute atomic E-state index is 0.506. The van der Waals surface area contributed by atoms with Gasteiger partial charge in [0, 0.05) is 25.9 Å². The number of ether oxygens (including phenoxy) is 2. The molecule has 230 valence electrons. The summed E-state index contributed by atoms with van der Waals surface area (Å²) in [5.41, 5.74) is 2.37. The Bertz CT molecular complexity index is 1000. The molecule has 0 amide bonds. The molecular weight excluding hydrogens is 540 g/mol. The first kappa shape index (κ1) is 35.6. The van der Waals surface area contributed by atoms with Crippen LogP contribution in [0, 0.1) is 5.92 Å². The molecule has 0 aliphatic heterocycles. The van der Waals surface area contributed by atoms with Crippen molar-refractivity contribution in [1.82, 2.24) is 0 Å². The van der Waals surface area contributed by atoms with Crippen molar-refractivity contribution in [3.8, 4) is 0 Å². The van der Waals surface area contributed by atoms with Gasteiger partial charge in [0.1, 0.15) is 0 Å². The van der Waals surface area contributed by atoms with Crippen molar-refractivity contribution in [2.45, 2.75) is 52.5 Å². The van der Waals surface area contributed by atoms with Crippen molar-refractivity contribution >= 4 is 21.0 Å². The molecule has 42 heavy (non-hydrogen) atoms. The van der Waals surface area contributed by atoms with Crippen LogP contribution in [0.5, 0.6) is 0 Å². The maximum Gasteiger partial charge on any atom is 0.500 e. The highest BCUT2D eigenvalue weighted by Gasteiger charge is 2.40. The summed E-state index contributed by atoms with van der Waals surface area (Å²) in [5, 5.41) is 0. The van der Waals surface area contributed by atoms with Crippen LogP contribution >= 0.6 is 0 Å². The van der Waals surface area contributed by atoms with Crippen molar-refractivity contribution in [3.05, 3.63) is 108 Å². The molecule has 0 aliphatic rings. The van der Waals surface area contributed by atoms with Gasteiger partial charge < -0.3 is 22.8 Å². The molecule has 2 aromatic carbocycles. The first-order chi connectivity index (χ1) is 20.7. The molecule has 2 aromatic rings. The molecule has 1 atom stereocenters. The Morgan fingerprint density at radius 3 is 1.55 bits per heavy atom. The Hall–Kier alpha value is -2.58. The van der Waals surface area contributed by atoms with E-state index in [0.717, 1.165) is 31.7 Å². The third kappa shape index (κ3) is 16.8. The molecule has 0 saturated heterocycles. The lowest BCUT2D eigenvalue weighted by molar-refractivity contribution is 0.0695. The zero-order valence-electron chi connectivity index (χ0n) is 26.0. The molecule has 0 bridgehead atoms. The van der Waals surface area contributed by atoms with Crippen LogP contribution in [0.1, 0.15) is 57.6 Å². The first-order valence-electron chi connectivity index (χ1n) is 15.5. The highest BCUT2D eigenvalue weighted by atomic mass is 28.4. The molecule has 0 fully saturated rings. The Labute approximate surface area is 256 Å². The van der Waals surface area contributed by atoms with Crippen LogP contribution in [0.25, 0.3) is 12.2 Å². The monoisotopic (exact) mass is 592 g/mol. The van der Waals surface area contributed by atoms with Crippen LogP contribution in [0.3, 0.4) is 0 Å². The van der Waals surface area contributed by atoms with Gasteiger partial charge in [0.25, 0.3) is 0 Å². The van der Waals surface area contributed by atoms with Gasteiger partial charge in [-0.15, -0.1) is 0 Å². The van der Waals surface area contributed by atoms with Crippen LogP contribution in [0.2, 0.25) is 6.04 Å². The second-order valence-corrected chi connectivity index (χ2v) is 12.6. The summed E-state index contributed by atoms with van der Waals surface area (Å²) < 4.78 is 29.8. The maximum atomic E-state index is 6.11. The topological polar surface area (TPSA) is 46.2 Å². The van der Waals surface area contributed by atoms with E-state index in [1.807, 2.05) is 57.2 Å². The Morgan fingerprint density at radius 1 is 0.571 bits per heavy atom. The second-order valence-electron chi connectivity index (χ2n) is 9.84. The summed E-state index contributed by atoms with van der Waals surface area (Å²) in [5.74, 6) is 0.506. The predicted molar refractivity (Wildman–Crippen MR) is 178 cm³/mol. The minimum atomic E-state index is -2.65. The lowest BCUT2D eigenvalue weighted by atomic mass is 9.96. The number of benzene rings is 2. The average Bonchev–Trinajstić information content (AvgIpc) is 3.01. The molecule has 2 rings (SSSR count). The fourth-order valence-electron chi connectivity index (χ4n) is 4.54. The van der Waals surface area contributed by atoms with E-state index in [0.29, 0.717) is 52.2 Å². The van der Waals surface area contributed by atoms with E-state index >= 15 is 0 Å². The van der Waals surface area contributed by atoms with Gasteiger partial charge in [-0.3, -0.25) is 0 Å². The zero-order chi connectivity index (χ0) is 30.0. The second kappa shape index (κ2) is 23.9. The molecular formula is C36H52O5Si. The molecule has 0 N–H and O–H groups in total. The fraction of sp³-hybridized carbons (Fsp3) is 0.444. The lowest BCUT2D eigenvalue weighted by Crippen LogP contribution is -2.46. The van der Waals surface area contributed by atoms with Crippen LogP contribution in [0.15, 0.2) is 97.1 Å². The Balaban J connectivity index is 1.79. The number of hydrogen-bond donors (Lipinski definition) is 0. The Morgan fingerprint density at radius 2 is 1.05 bits per heavy atom. The average molecular weight is 593 g/mol. The Kier molecular flexibility index (Phi) is 20.3. The zero-order valence-corrected chi connectivity index (χ0v) is 27.0. The summed E-state index contributed by atoms with van der Waals surface area (Å²) >= 11 is 0. The van der Waals surface area contributed by atoms with Crippen LogP contribution in [0.4, 0.5) is 0 Å². The van der Waals surface area contributed by atoms with Crippen molar-refractivity contribution in [3.63, 3.8) is 0 Å². The van der Waals surface area contributed by atoms with Crippen molar-refractivity contribution in [1.29, 1.82) is 0 Å². The summed E-state index contributed by atoms with van der Waals surface area (Å²) in [7, 11) is -2.65. The van der Waals surface area contributed by atoms with Gasteiger partial charge in [-0.1, -0.05) is 109 Å². The molecule has 6 heteroatoms. The van der Waals surface area contributed by atoms with E-state index < -0.39 is 8.80 Å². The summed E-state index contributed by atoms with van der Waals surface area (Å²) in [6.45, 7) is 10.3. The van der Waals surface area contributed by atoms with Crippen LogP contribution < -0.4 is 0 Å². The van der Waals surface area contributed by atoms with Crippen LogP contribution in [-0.4, -0.2) is 55.1 Å². The molecule has 0 aromatic heterocycles. The molecule has 0 saturated carbocycles. The third-order valence-electron chi connectivity index (χ3n) is 6.57. The summed E-state index contributed by atoms with van der Waals surface area (Å²) in [4.78, 5) is 0. The molecule has 0 aliphatic carbocycles. The molecule has 0 spiro atoms. The van der Waals surface area contributed by atoms with Gasteiger partial charge in [0.05, 0.1) is 26.4 Å². The largest absolute Gasteiger partial charge is 0.500 e. The van der Waals surface area contributed by atoms with Gasteiger partial charge in [0.15, 0.2) is 0 Å². The SMILES string of the molecule is CCO[Si](CCC(C/C=C/COC/C=C/c1ccccc1)CC/C=C/COC/C=C/c1ccccc1)(OCC)OCC. The van der Waals surface area contributed by atoms with Gasteiger partial charge in [-0.2, -0.15) is 0 Å². The minimum Gasteiger partial charge on any atom is -0.374 e. The van der Waals surface area contributed by atoms with Gasteiger partial charge in [-0.25, -0.2) is 0 Å². The molecule has 1 unspecified atom stereocenters. The number of rotatable bonds is 24. The van der Waals surface area contributed by atoms with Crippen molar-refractivity contribution < 1.29 is 22.8 Å². The normalized spacial score (nSPS) is 13.3. The summed E-state index contributed by atoms with van der Waals surface area (Å²) in [6.07, 6.45) is 21.1. The van der Waals surface area contributed by atoms with Gasteiger partial charge >= 0.3 is 8.80 Å². The maximum absolute atomic E-state index is 6.11. The van der Waals surface area contributed by atoms with Crippen molar-refractivity contribution in [2.24, 2.45) is 5.92 Å². The predicted octanol–water partition coefficient (Wildman–Crippen LogP) is 8.78. The number of allylic oxidation sites excluding steroid dienone is 2. The van der Waals surface area contributed by atoms with E-state index in [1.165, 1.54) is 11.1 Å². The van der Waals surface area contributed by atoms with E-state index in [9.17, 15) is 0 Å². The highest BCUT2D eigenvalue weighted by Crippen LogP contribution is 2.26. The standard InChI is InChI=1S/C36H52O5Si/c1-4-39-42(40-5-2,41-6-3)33-28-36(25-15-17-30-38-32-19-27-35-22-12-8-13-23-35)24-14-9-16-29-37-31-18-26-34-20-10-7-11-21-34/h7-13,15-23,26-27,36H,4-6,14,24-25,28-33H2,1-3H3/b16-9+,17-15+,26-18+,27-19+. The van der Waals surface area contributed by atoms with E-state index in [4.69, 9.17) is 22.8 Å². The van der Waals surface area contributed by atoms with E-state index in [1.54, 1.807) is 0 Å². The van der Waals surface area contributed by atoms with E-state index in [2.05, 4.69) is 72.9 Å². The molecule has 0 heterocycles.